The van der Waals surface area contributed by atoms with Crippen molar-refractivity contribution < 1.29 is 23.8 Å². The van der Waals surface area contributed by atoms with Gasteiger partial charge in [0, 0.05) is 17.5 Å². The van der Waals surface area contributed by atoms with E-state index in [2.05, 4.69) is 5.32 Å². The molecule has 0 spiro atoms. The average Bonchev–Trinajstić information content (AvgIpc) is 2.72. The second-order valence-electron chi connectivity index (χ2n) is 7.55. The van der Waals surface area contributed by atoms with Crippen LogP contribution in [0.2, 0.25) is 5.02 Å². The lowest BCUT2D eigenvalue weighted by Crippen LogP contribution is -2.44. The maximum atomic E-state index is 12.5. The van der Waals surface area contributed by atoms with Gasteiger partial charge in [-0.3, -0.25) is 4.79 Å². The molecule has 2 N–H and O–H groups in total. The van der Waals surface area contributed by atoms with Crippen LogP contribution in [0.25, 0.3) is 11.0 Å². The SMILES string of the molecule is CCCc1cc(=O)oc2cc(C)cc(OCC(=O)N[C@H](Cc3ccc(Cl)cc3)C(=O)O)c12. The number of amides is 1. The standard InChI is InChI=1S/C24H24ClNO6/c1-3-4-16-12-22(28)32-20-10-14(2)9-19(23(16)20)31-13-21(27)26-18(24(29)30)11-15-5-7-17(25)8-6-15/h5-10,12,18H,3-4,11,13H2,1-2H3,(H,26,27)(H,29,30)/t18-/m1/s1. The van der Waals surface area contributed by atoms with Gasteiger partial charge < -0.3 is 19.6 Å². The van der Waals surface area contributed by atoms with E-state index in [9.17, 15) is 19.5 Å². The molecule has 1 heterocycles. The van der Waals surface area contributed by atoms with Crippen LogP contribution < -0.4 is 15.7 Å². The van der Waals surface area contributed by atoms with Gasteiger partial charge in [0.1, 0.15) is 17.4 Å². The third-order valence-corrected chi connectivity index (χ3v) is 5.15. The molecule has 0 saturated heterocycles. The fourth-order valence-electron chi connectivity index (χ4n) is 3.49. The van der Waals surface area contributed by atoms with Crippen molar-refractivity contribution in [2.45, 2.75) is 39.2 Å². The monoisotopic (exact) mass is 457 g/mol. The summed E-state index contributed by atoms with van der Waals surface area (Å²) in [6.07, 6.45) is 1.57. The molecule has 2 aromatic carbocycles. The summed E-state index contributed by atoms with van der Waals surface area (Å²) in [5, 5.41) is 13.2. The van der Waals surface area contributed by atoms with Crippen LogP contribution in [0.3, 0.4) is 0 Å². The van der Waals surface area contributed by atoms with Crippen molar-refractivity contribution in [1.82, 2.24) is 5.32 Å². The zero-order valence-corrected chi connectivity index (χ0v) is 18.6. The molecular weight excluding hydrogens is 434 g/mol. The smallest absolute Gasteiger partial charge is 0.336 e. The fraction of sp³-hybridized carbons (Fsp3) is 0.292. The van der Waals surface area contributed by atoms with Gasteiger partial charge in [0.15, 0.2) is 6.61 Å². The van der Waals surface area contributed by atoms with Crippen molar-refractivity contribution in [1.29, 1.82) is 0 Å². The number of ether oxygens (including phenoxy) is 1. The Bertz CT molecular complexity index is 1190. The third-order valence-electron chi connectivity index (χ3n) is 4.90. The van der Waals surface area contributed by atoms with E-state index in [1.807, 2.05) is 13.8 Å². The topological polar surface area (TPSA) is 106 Å². The molecule has 1 amide bonds. The maximum absolute atomic E-state index is 12.5. The lowest BCUT2D eigenvalue weighted by molar-refractivity contribution is -0.142. The van der Waals surface area contributed by atoms with Gasteiger partial charge in [0.2, 0.25) is 0 Å². The summed E-state index contributed by atoms with van der Waals surface area (Å²) in [5.74, 6) is -1.32. The molecule has 1 aromatic heterocycles. The van der Waals surface area contributed by atoms with Crippen molar-refractivity contribution in [3.63, 3.8) is 0 Å². The van der Waals surface area contributed by atoms with Crippen molar-refractivity contribution in [2.24, 2.45) is 0 Å². The Kier molecular flexibility index (Phi) is 7.53. The first-order valence-corrected chi connectivity index (χ1v) is 10.6. The molecule has 3 aromatic rings. The van der Waals surface area contributed by atoms with Crippen LogP contribution in [0.4, 0.5) is 0 Å². The maximum Gasteiger partial charge on any atom is 0.336 e. The van der Waals surface area contributed by atoms with Gasteiger partial charge in [-0.25, -0.2) is 9.59 Å². The van der Waals surface area contributed by atoms with Crippen LogP contribution in [0, 0.1) is 6.92 Å². The van der Waals surface area contributed by atoms with Gasteiger partial charge in [-0.2, -0.15) is 0 Å². The van der Waals surface area contributed by atoms with Gasteiger partial charge in [-0.15, -0.1) is 0 Å². The van der Waals surface area contributed by atoms with Crippen molar-refractivity contribution >= 4 is 34.4 Å². The molecule has 1 atom stereocenters. The molecule has 0 radical (unpaired) electrons. The van der Waals surface area contributed by atoms with Crippen LogP contribution in [-0.4, -0.2) is 29.6 Å². The van der Waals surface area contributed by atoms with Crippen molar-refractivity contribution in [3.8, 4) is 5.75 Å². The normalized spacial score (nSPS) is 11.8. The first kappa shape index (κ1) is 23.3. The van der Waals surface area contributed by atoms with E-state index >= 15 is 0 Å². The molecule has 0 fully saturated rings. The molecular formula is C24H24ClNO6. The average molecular weight is 458 g/mol. The number of hydrogen-bond acceptors (Lipinski definition) is 5. The fourth-order valence-corrected chi connectivity index (χ4v) is 3.61. The highest BCUT2D eigenvalue weighted by molar-refractivity contribution is 6.30. The minimum atomic E-state index is -1.15. The van der Waals surface area contributed by atoms with Gasteiger partial charge >= 0.3 is 11.6 Å². The molecule has 0 bridgehead atoms. The van der Waals surface area contributed by atoms with E-state index in [1.165, 1.54) is 6.07 Å². The highest BCUT2D eigenvalue weighted by atomic mass is 35.5. The Morgan fingerprint density at radius 3 is 2.56 bits per heavy atom. The number of carbonyl (C=O) groups is 2. The second kappa shape index (κ2) is 10.3. The first-order valence-electron chi connectivity index (χ1n) is 10.2. The minimum absolute atomic E-state index is 0.109. The molecule has 0 aliphatic rings. The molecule has 0 aliphatic heterocycles. The predicted molar refractivity (Wildman–Crippen MR) is 121 cm³/mol. The van der Waals surface area contributed by atoms with Crippen LogP contribution in [-0.2, 0) is 22.4 Å². The van der Waals surface area contributed by atoms with E-state index in [1.54, 1.807) is 36.4 Å². The number of fused-ring (bicyclic) bond motifs is 1. The number of halogens is 1. The number of hydrogen-bond donors (Lipinski definition) is 2. The Morgan fingerprint density at radius 2 is 1.91 bits per heavy atom. The molecule has 7 nitrogen and oxygen atoms in total. The number of aliphatic carboxylic acids is 1. The summed E-state index contributed by atoms with van der Waals surface area (Å²) in [7, 11) is 0. The molecule has 3 rings (SSSR count). The highest BCUT2D eigenvalue weighted by Crippen LogP contribution is 2.30. The quantitative estimate of drug-likeness (QED) is 0.472. The Morgan fingerprint density at radius 1 is 1.19 bits per heavy atom. The summed E-state index contributed by atoms with van der Waals surface area (Å²) in [6, 6.07) is 10.6. The van der Waals surface area contributed by atoms with Crippen LogP contribution >= 0.6 is 11.6 Å². The molecule has 8 heteroatoms. The Labute approximate surface area is 190 Å². The van der Waals surface area contributed by atoms with Crippen LogP contribution in [0.1, 0.15) is 30.0 Å². The summed E-state index contributed by atoms with van der Waals surface area (Å²) in [6.45, 7) is 3.44. The zero-order chi connectivity index (χ0) is 23.3. The van der Waals surface area contributed by atoms with E-state index in [0.717, 1.165) is 23.1 Å². The van der Waals surface area contributed by atoms with Crippen molar-refractivity contribution in [3.05, 3.63) is 74.6 Å². The van der Waals surface area contributed by atoms with Gasteiger partial charge in [-0.1, -0.05) is 37.1 Å². The molecule has 0 unspecified atom stereocenters. The second-order valence-corrected chi connectivity index (χ2v) is 7.99. The number of benzene rings is 2. The Hall–Kier alpha value is -3.32. The third kappa shape index (κ3) is 5.88. The number of carboxylic acid groups (broad SMARTS) is 1. The predicted octanol–water partition coefficient (Wildman–Crippen LogP) is 3.90. The number of carboxylic acids is 1. The Balaban J connectivity index is 1.76. The largest absolute Gasteiger partial charge is 0.483 e. The molecule has 0 aliphatic carbocycles. The summed E-state index contributed by atoms with van der Waals surface area (Å²) in [4.78, 5) is 36.0. The van der Waals surface area contributed by atoms with E-state index in [0.29, 0.717) is 28.2 Å². The van der Waals surface area contributed by atoms with E-state index in [4.69, 9.17) is 20.8 Å². The zero-order valence-electron chi connectivity index (χ0n) is 17.8. The van der Waals surface area contributed by atoms with Crippen molar-refractivity contribution in [2.75, 3.05) is 6.61 Å². The minimum Gasteiger partial charge on any atom is -0.483 e. The van der Waals surface area contributed by atoms with Crippen LogP contribution in [0.5, 0.6) is 5.75 Å². The highest BCUT2D eigenvalue weighted by Gasteiger charge is 2.21. The van der Waals surface area contributed by atoms with E-state index in [-0.39, 0.29) is 13.0 Å². The van der Waals surface area contributed by atoms with Gasteiger partial charge in [0.05, 0.1) is 5.39 Å². The van der Waals surface area contributed by atoms with Crippen LogP contribution in [0.15, 0.2) is 51.7 Å². The number of carbonyl (C=O) groups excluding carboxylic acids is 1. The lowest BCUT2D eigenvalue weighted by Gasteiger charge is -2.16. The number of nitrogens with one attached hydrogen (secondary N) is 1. The number of aryl methyl sites for hydroxylation is 2. The summed E-state index contributed by atoms with van der Waals surface area (Å²) >= 11 is 5.86. The summed E-state index contributed by atoms with van der Waals surface area (Å²) < 4.78 is 11.1. The first-order chi connectivity index (χ1) is 15.3. The number of rotatable bonds is 9. The van der Waals surface area contributed by atoms with Gasteiger partial charge in [-0.05, 0) is 54.3 Å². The molecule has 32 heavy (non-hydrogen) atoms. The molecule has 0 saturated carbocycles. The van der Waals surface area contributed by atoms with Gasteiger partial charge in [0.25, 0.3) is 5.91 Å². The summed E-state index contributed by atoms with van der Waals surface area (Å²) in [5.41, 5.74) is 2.26. The molecule has 168 valence electrons. The van der Waals surface area contributed by atoms with E-state index < -0.39 is 23.5 Å². The lowest BCUT2D eigenvalue weighted by atomic mass is 10.0.